The highest BCUT2D eigenvalue weighted by atomic mass is 16.2. The molecule has 1 aliphatic heterocycles. The quantitative estimate of drug-likeness (QED) is 0.706. The van der Waals surface area contributed by atoms with E-state index in [1.54, 1.807) is 0 Å². The Bertz CT molecular complexity index is 849. The third-order valence-electron chi connectivity index (χ3n) is 7.13. The van der Waals surface area contributed by atoms with Crippen molar-refractivity contribution >= 4 is 29.1 Å². The van der Waals surface area contributed by atoms with E-state index < -0.39 is 0 Å². The summed E-state index contributed by atoms with van der Waals surface area (Å²) in [6, 6.07) is 5.70. The summed E-state index contributed by atoms with van der Waals surface area (Å²) >= 11 is 0. The van der Waals surface area contributed by atoms with Crippen molar-refractivity contribution in [1.29, 1.82) is 0 Å². The number of carbonyl (C=O) groups is 3. The van der Waals surface area contributed by atoms with Crippen molar-refractivity contribution in [2.45, 2.75) is 52.4 Å². The fraction of sp³-hybridized carbons (Fsp3) is 0.640. The van der Waals surface area contributed by atoms with E-state index in [0.29, 0.717) is 50.5 Å². The first kappa shape index (κ1) is 22.6. The molecule has 0 spiro atoms. The van der Waals surface area contributed by atoms with Crippen LogP contribution in [0.3, 0.4) is 0 Å². The molecule has 1 aromatic rings. The second kappa shape index (κ2) is 9.92. The maximum Gasteiger partial charge on any atom is 0.256 e. The van der Waals surface area contributed by atoms with Gasteiger partial charge in [-0.15, -0.1) is 0 Å². The number of nitrogens with zero attached hydrogens (tertiary/aromatic N) is 3. The molecule has 3 aliphatic rings. The van der Waals surface area contributed by atoms with E-state index in [9.17, 15) is 14.4 Å². The molecule has 1 N–H and O–H groups in total. The van der Waals surface area contributed by atoms with Crippen molar-refractivity contribution in [3.63, 3.8) is 0 Å². The predicted octanol–water partition coefficient (Wildman–Crippen LogP) is 3.36. The summed E-state index contributed by atoms with van der Waals surface area (Å²) in [5, 5.41) is 3.04. The second-order valence-corrected chi connectivity index (χ2v) is 9.27. The topological polar surface area (TPSA) is 73.0 Å². The van der Waals surface area contributed by atoms with Crippen LogP contribution in [0.4, 0.5) is 11.4 Å². The van der Waals surface area contributed by atoms with Crippen LogP contribution in [0.5, 0.6) is 0 Å². The SMILES string of the molecule is CCN(CC)C(=O)c1cc(NC(=O)C2CCCC2)ccc1N1CCN(C(=O)C2CC2)CC1. The molecule has 0 unspecified atom stereocenters. The molecule has 7 nitrogen and oxygen atoms in total. The van der Waals surface area contributed by atoms with Crippen molar-refractivity contribution in [2.24, 2.45) is 11.8 Å². The molecule has 2 aliphatic carbocycles. The van der Waals surface area contributed by atoms with E-state index in [2.05, 4.69) is 10.2 Å². The van der Waals surface area contributed by atoms with Crippen LogP contribution in [-0.2, 0) is 9.59 Å². The Morgan fingerprint density at radius 2 is 1.59 bits per heavy atom. The second-order valence-electron chi connectivity index (χ2n) is 9.27. The summed E-state index contributed by atoms with van der Waals surface area (Å²) in [6.07, 6.45) is 6.15. The first-order valence-corrected chi connectivity index (χ1v) is 12.3. The van der Waals surface area contributed by atoms with E-state index >= 15 is 0 Å². The van der Waals surface area contributed by atoms with Crippen LogP contribution in [0.2, 0.25) is 0 Å². The molecule has 0 radical (unpaired) electrons. The first-order valence-electron chi connectivity index (χ1n) is 12.3. The van der Waals surface area contributed by atoms with Crippen LogP contribution < -0.4 is 10.2 Å². The summed E-state index contributed by atoms with van der Waals surface area (Å²) in [5.74, 6) is 0.647. The highest BCUT2D eigenvalue weighted by Crippen LogP contribution is 2.33. The van der Waals surface area contributed by atoms with Crippen LogP contribution in [0.15, 0.2) is 18.2 Å². The first-order chi connectivity index (χ1) is 15.5. The van der Waals surface area contributed by atoms with Gasteiger partial charge in [-0.25, -0.2) is 0 Å². The number of piperazine rings is 1. The zero-order valence-electron chi connectivity index (χ0n) is 19.4. The van der Waals surface area contributed by atoms with Crippen molar-refractivity contribution in [2.75, 3.05) is 49.5 Å². The Morgan fingerprint density at radius 3 is 2.19 bits per heavy atom. The number of anilines is 2. The van der Waals surface area contributed by atoms with Gasteiger partial charge in [-0.2, -0.15) is 0 Å². The Balaban J connectivity index is 1.53. The number of hydrogen-bond donors (Lipinski definition) is 1. The summed E-state index contributed by atoms with van der Waals surface area (Å²) in [6.45, 7) is 8.04. The molecule has 7 heteroatoms. The molecule has 3 amide bonds. The highest BCUT2D eigenvalue weighted by Gasteiger charge is 2.35. The number of amides is 3. The zero-order chi connectivity index (χ0) is 22.7. The monoisotopic (exact) mass is 440 g/mol. The van der Waals surface area contributed by atoms with Crippen LogP contribution in [-0.4, -0.2) is 66.8 Å². The Morgan fingerprint density at radius 1 is 0.938 bits per heavy atom. The molecule has 0 bridgehead atoms. The van der Waals surface area contributed by atoms with Crippen molar-refractivity contribution in [3.8, 4) is 0 Å². The Kier molecular flexibility index (Phi) is 7.01. The average Bonchev–Trinajstić information content (AvgIpc) is 3.52. The summed E-state index contributed by atoms with van der Waals surface area (Å²) in [7, 11) is 0. The minimum atomic E-state index is -0.0153. The van der Waals surface area contributed by atoms with Gasteiger partial charge in [-0.1, -0.05) is 12.8 Å². The third kappa shape index (κ3) is 4.92. The number of rotatable bonds is 7. The molecule has 0 aromatic heterocycles. The van der Waals surface area contributed by atoms with Gasteiger partial charge in [-0.3, -0.25) is 14.4 Å². The minimum absolute atomic E-state index is 0.0153. The lowest BCUT2D eigenvalue weighted by Crippen LogP contribution is -2.49. The van der Waals surface area contributed by atoms with Crippen molar-refractivity contribution in [1.82, 2.24) is 9.80 Å². The highest BCUT2D eigenvalue weighted by molar-refractivity contribution is 6.02. The van der Waals surface area contributed by atoms with Gasteiger partial charge in [-0.05, 0) is 57.7 Å². The third-order valence-corrected chi connectivity index (χ3v) is 7.13. The lowest BCUT2D eigenvalue weighted by atomic mass is 10.1. The standard InChI is InChI=1S/C25H36N4O3/c1-3-27(4-2)25(32)21-17-20(26-23(30)18-7-5-6-8-18)11-12-22(21)28-13-15-29(16-14-28)24(31)19-9-10-19/h11-12,17-19H,3-10,13-16H2,1-2H3,(H,26,30). The van der Waals surface area contributed by atoms with Gasteiger partial charge in [0.05, 0.1) is 5.56 Å². The average molecular weight is 441 g/mol. The van der Waals surface area contributed by atoms with Gasteiger partial charge in [0.2, 0.25) is 11.8 Å². The molecule has 4 rings (SSSR count). The number of hydrogen-bond acceptors (Lipinski definition) is 4. The van der Waals surface area contributed by atoms with Gasteiger partial charge in [0, 0.05) is 62.5 Å². The molecule has 174 valence electrons. The molecule has 1 heterocycles. The summed E-state index contributed by atoms with van der Waals surface area (Å²) < 4.78 is 0. The van der Waals surface area contributed by atoms with Gasteiger partial charge in [0.15, 0.2) is 0 Å². The fourth-order valence-electron chi connectivity index (χ4n) is 4.93. The number of carbonyl (C=O) groups excluding carboxylic acids is 3. The predicted molar refractivity (Wildman–Crippen MR) is 126 cm³/mol. The minimum Gasteiger partial charge on any atom is -0.367 e. The summed E-state index contributed by atoms with van der Waals surface area (Å²) in [5.41, 5.74) is 2.20. The van der Waals surface area contributed by atoms with Gasteiger partial charge < -0.3 is 20.0 Å². The lowest BCUT2D eigenvalue weighted by Gasteiger charge is -2.37. The molecule has 0 atom stereocenters. The largest absolute Gasteiger partial charge is 0.367 e. The molecule has 32 heavy (non-hydrogen) atoms. The fourth-order valence-corrected chi connectivity index (χ4v) is 4.93. The van der Waals surface area contributed by atoms with E-state index in [0.717, 1.165) is 44.2 Å². The van der Waals surface area contributed by atoms with E-state index in [-0.39, 0.29) is 29.6 Å². The normalized spacial score (nSPS) is 19.2. The van der Waals surface area contributed by atoms with Gasteiger partial charge in [0.25, 0.3) is 5.91 Å². The van der Waals surface area contributed by atoms with E-state index in [1.807, 2.05) is 41.8 Å². The van der Waals surface area contributed by atoms with E-state index in [1.165, 1.54) is 0 Å². The zero-order valence-corrected chi connectivity index (χ0v) is 19.4. The van der Waals surface area contributed by atoms with Crippen LogP contribution >= 0.6 is 0 Å². The molecule has 1 aromatic carbocycles. The van der Waals surface area contributed by atoms with Crippen molar-refractivity contribution in [3.05, 3.63) is 23.8 Å². The molecular formula is C25H36N4O3. The van der Waals surface area contributed by atoms with Crippen LogP contribution in [0, 0.1) is 11.8 Å². The van der Waals surface area contributed by atoms with Crippen LogP contribution in [0.1, 0.15) is 62.7 Å². The van der Waals surface area contributed by atoms with E-state index in [4.69, 9.17) is 0 Å². The molecule has 3 fully saturated rings. The lowest BCUT2D eigenvalue weighted by molar-refractivity contribution is -0.132. The van der Waals surface area contributed by atoms with Gasteiger partial charge >= 0.3 is 0 Å². The Labute approximate surface area is 191 Å². The molecule has 1 saturated heterocycles. The molecule has 2 saturated carbocycles. The maximum atomic E-state index is 13.4. The number of nitrogens with one attached hydrogen (secondary N) is 1. The maximum absolute atomic E-state index is 13.4. The van der Waals surface area contributed by atoms with Gasteiger partial charge in [0.1, 0.15) is 0 Å². The molecular weight excluding hydrogens is 404 g/mol. The van der Waals surface area contributed by atoms with Crippen molar-refractivity contribution < 1.29 is 14.4 Å². The smallest absolute Gasteiger partial charge is 0.256 e. The summed E-state index contributed by atoms with van der Waals surface area (Å²) in [4.78, 5) is 44.4. The number of benzene rings is 1. The van der Waals surface area contributed by atoms with Crippen LogP contribution in [0.25, 0.3) is 0 Å². The Hall–Kier alpha value is -2.57.